The minimum Gasteiger partial charge on any atom is -0.493 e. The fourth-order valence-corrected chi connectivity index (χ4v) is 2.88. The number of halogens is 2. The minimum absolute atomic E-state index is 0.0439. The zero-order chi connectivity index (χ0) is 19.4. The lowest BCUT2D eigenvalue weighted by molar-refractivity contribution is -0.117. The van der Waals surface area contributed by atoms with Gasteiger partial charge in [0.05, 0.1) is 7.11 Å². The van der Waals surface area contributed by atoms with E-state index in [1.54, 1.807) is 29.2 Å². The van der Waals surface area contributed by atoms with Crippen molar-refractivity contribution in [1.82, 2.24) is 0 Å². The van der Waals surface area contributed by atoms with Gasteiger partial charge in [0.15, 0.2) is 11.5 Å². The summed E-state index contributed by atoms with van der Waals surface area (Å²) < 4.78 is 34.4. The summed E-state index contributed by atoms with van der Waals surface area (Å²) in [6, 6.07) is 10.9. The average Bonchev–Trinajstić information content (AvgIpc) is 3.07. The Hall–Kier alpha value is -3.16. The number of ether oxygens (including phenoxy) is 2. The lowest BCUT2D eigenvalue weighted by Gasteiger charge is -2.17. The van der Waals surface area contributed by atoms with Crippen molar-refractivity contribution < 1.29 is 27.8 Å². The van der Waals surface area contributed by atoms with Crippen molar-refractivity contribution in [2.45, 2.75) is 19.5 Å². The van der Waals surface area contributed by atoms with Crippen LogP contribution < -0.4 is 19.7 Å². The zero-order valence-corrected chi connectivity index (χ0v) is 14.6. The van der Waals surface area contributed by atoms with Gasteiger partial charge in [-0.3, -0.25) is 9.59 Å². The van der Waals surface area contributed by atoms with Gasteiger partial charge in [-0.1, -0.05) is 6.07 Å². The Kier molecular flexibility index (Phi) is 5.54. The Labute approximate surface area is 154 Å². The van der Waals surface area contributed by atoms with Crippen molar-refractivity contribution in [3.63, 3.8) is 0 Å². The molecule has 0 atom stereocenters. The fourth-order valence-electron chi connectivity index (χ4n) is 2.88. The van der Waals surface area contributed by atoms with Crippen LogP contribution in [-0.4, -0.2) is 32.1 Å². The second kappa shape index (κ2) is 8.03. The average molecular weight is 376 g/mol. The number of methoxy groups -OCH3 is 1. The maximum Gasteiger partial charge on any atom is 0.387 e. The van der Waals surface area contributed by atoms with Crippen LogP contribution in [0.3, 0.4) is 0 Å². The molecule has 2 amide bonds. The molecule has 2 aromatic rings. The molecule has 1 saturated heterocycles. The maximum absolute atomic E-state index is 12.5. The summed E-state index contributed by atoms with van der Waals surface area (Å²) in [7, 11) is 1.32. The molecule has 0 unspecified atom stereocenters. The van der Waals surface area contributed by atoms with E-state index in [1.165, 1.54) is 25.3 Å². The number of alkyl halides is 2. The standard InChI is InChI=1S/C19H18F2N2O4/c1-26-15-8-7-12(10-16(15)27-19(20)21)18(25)22-13-4-2-5-14(11-13)23-9-3-6-17(23)24/h2,4-5,7-8,10-11,19H,3,6,9H2,1H3,(H,22,25). The second-order valence-corrected chi connectivity index (χ2v) is 5.90. The number of nitrogens with one attached hydrogen (secondary N) is 1. The third-order valence-electron chi connectivity index (χ3n) is 4.13. The predicted molar refractivity (Wildman–Crippen MR) is 95.6 cm³/mol. The SMILES string of the molecule is COc1ccc(C(=O)Nc2cccc(N3CCCC3=O)c2)cc1OC(F)F. The van der Waals surface area contributed by atoms with Crippen LogP contribution in [0.4, 0.5) is 20.2 Å². The van der Waals surface area contributed by atoms with Crippen molar-refractivity contribution in [3.8, 4) is 11.5 Å². The molecule has 0 radical (unpaired) electrons. The molecule has 142 valence electrons. The predicted octanol–water partition coefficient (Wildman–Crippen LogP) is 3.68. The third kappa shape index (κ3) is 4.33. The first kappa shape index (κ1) is 18.6. The van der Waals surface area contributed by atoms with Crippen LogP contribution in [0.5, 0.6) is 11.5 Å². The highest BCUT2D eigenvalue weighted by atomic mass is 19.3. The Balaban J connectivity index is 1.78. The van der Waals surface area contributed by atoms with E-state index in [2.05, 4.69) is 10.1 Å². The number of benzene rings is 2. The molecule has 0 bridgehead atoms. The van der Waals surface area contributed by atoms with Gasteiger partial charge in [0.1, 0.15) is 0 Å². The zero-order valence-electron chi connectivity index (χ0n) is 14.6. The van der Waals surface area contributed by atoms with Crippen molar-refractivity contribution >= 4 is 23.2 Å². The molecule has 1 aliphatic rings. The number of hydrogen-bond acceptors (Lipinski definition) is 4. The Morgan fingerprint density at radius 1 is 1.19 bits per heavy atom. The van der Waals surface area contributed by atoms with Crippen molar-refractivity contribution in [1.29, 1.82) is 0 Å². The number of carbonyl (C=O) groups is 2. The first-order valence-corrected chi connectivity index (χ1v) is 8.32. The lowest BCUT2D eigenvalue weighted by Crippen LogP contribution is -2.23. The van der Waals surface area contributed by atoms with E-state index in [-0.39, 0.29) is 23.0 Å². The maximum atomic E-state index is 12.5. The molecule has 1 fully saturated rings. The molecule has 1 aliphatic heterocycles. The number of carbonyl (C=O) groups excluding carboxylic acids is 2. The summed E-state index contributed by atoms with van der Waals surface area (Å²) in [4.78, 5) is 26.0. The molecular weight excluding hydrogens is 358 g/mol. The van der Waals surface area contributed by atoms with Crippen LogP contribution in [0.25, 0.3) is 0 Å². The van der Waals surface area contributed by atoms with E-state index < -0.39 is 12.5 Å². The van der Waals surface area contributed by atoms with Crippen LogP contribution >= 0.6 is 0 Å². The number of anilines is 2. The first-order valence-electron chi connectivity index (χ1n) is 8.32. The van der Waals surface area contributed by atoms with Gasteiger partial charge < -0.3 is 19.7 Å². The van der Waals surface area contributed by atoms with Gasteiger partial charge in [-0.25, -0.2) is 0 Å². The van der Waals surface area contributed by atoms with Crippen LogP contribution in [0.2, 0.25) is 0 Å². The van der Waals surface area contributed by atoms with E-state index in [4.69, 9.17) is 4.74 Å². The van der Waals surface area contributed by atoms with E-state index in [1.807, 2.05) is 0 Å². The molecular formula is C19H18F2N2O4. The van der Waals surface area contributed by atoms with Crippen molar-refractivity contribution in [2.24, 2.45) is 0 Å². The molecule has 1 heterocycles. The summed E-state index contributed by atoms with van der Waals surface area (Å²) in [5, 5.41) is 2.69. The first-order chi connectivity index (χ1) is 13.0. The van der Waals surface area contributed by atoms with Gasteiger partial charge in [-0.15, -0.1) is 0 Å². The monoisotopic (exact) mass is 376 g/mol. The molecule has 0 spiro atoms. The van der Waals surface area contributed by atoms with Crippen molar-refractivity contribution in [2.75, 3.05) is 23.9 Å². The molecule has 3 rings (SSSR count). The molecule has 27 heavy (non-hydrogen) atoms. The van der Waals surface area contributed by atoms with Gasteiger partial charge >= 0.3 is 6.61 Å². The fraction of sp³-hybridized carbons (Fsp3) is 0.263. The summed E-state index contributed by atoms with van der Waals surface area (Å²) in [5.74, 6) is -0.581. The van der Waals surface area contributed by atoms with E-state index in [0.29, 0.717) is 24.3 Å². The molecule has 1 N–H and O–H groups in total. The third-order valence-corrected chi connectivity index (χ3v) is 4.13. The van der Waals surface area contributed by atoms with Crippen LogP contribution in [0.15, 0.2) is 42.5 Å². The summed E-state index contributed by atoms with van der Waals surface area (Å²) in [6.45, 7) is -2.39. The molecule has 2 aromatic carbocycles. The summed E-state index contributed by atoms with van der Waals surface area (Å²) >= 11 is 0. The van der Waals surface area contributed by atoms with Gasteiger partial charge in [-0.2, -0.15) is 8.78 Å². The van der Waals surface area contributed by atoms with Gasteiger partial charge in [0.25, 0.3) is 5.91 Å². The minimum atomic E-state index is -3.04. The summed E-state index contributed by atoms with van der Waals surface area (Å²) in [6.07, 6.45) is 1.31. The molecule has 0 aromatic heterocycles. The van der Waals surface area contributed by atoms with E-state index in [0.717, 1.165) is 6.42 Å². The number of nitrogens with zero attached hydrogens (tertiary/aromatic N) is 1. The van der Waals surface area contributed by atoms with Gasteiger partial charge in [0, 0.05) is 29.9 Å². The van der Waals surface area contributed by atoms with Crippen LogP contribution in [0, 0.1) is 0 Å². The number of amides is 2. The summed E-state index contributed by atoms with van der Waals surface area (Å²) in [5.41, 5.74) is 1.32. The lowest BCUT2D eigenvalue weighted by atomic mass is 10.1. The topological polar surface area (TPSA) is 67.9 Å². The Morgan fingerprint density at radius 2 is 2.00 bits per heavy atom. The Bertz CT molecular complexity index is 857. The van der Waals surface area contributed by atoms with Crippen molar-refractivity contribution in [3.05, 3.63) is 48.0 Å². The molecule has 8 heteroatoms. The second-order valence-electron chi connectivity index (χ2n) is 5.90. The van der Waals surface area contributed by atoms with E-state index in [9.17, 15) is 18.4 Å². The van der Waals surface area contributed by atoms with Gasteiger partial charge in [0.2, 0.25) is 5.91 Å². The largest absolute Gasteiger partial charge is 0.493 e. The molecule has 0 aliphatic carbocycles. The number of rotatable bonds is 6. The number of hydrogen-bond donors (Lipinski definition) is 1. The molecule has 6 nitrogen and oxygen atoms in total. The highest BCUT2D eigenvalue weighted by Gasteiger charge is 2.22. The Morgan fingerprint density at radius 3 is 2.67 bits per heavy atom. The van der Waals surface area contributed by atoms with E-state index >= 15 is 0 Å². The normalized spacial score (nSPS) is 13.8. The highest BCUT2D eigenvalue weighted by Crippen LogP contribution is 2.30. The highest BCUT2D eigenvalue weighted by molar-refractivity contribution is 6.05. The van der Waals surface area contributed by atoms with Crippen LogP contribution in [-0.2, 0) is 4.79 Å². The van der Waals surface area contributed by atoms with Gasteiger partial charge in [-0.05, 0) is 42.8 Å². The molecule has 0 saturated carbocycles. The smallest absolute Gasteiger partial charge is 0.387 e. The van der Waals surface area contributed by atoms with Crippen LogP contribution in [0.1, 0.15) is 23.2 Å². The quantitative estimate of drug-likeness (QED) is 0.835.